The molecular formula is C80H87BN4. The van der Waals surface area contributed by atoms with E-state index in [-0.39, 0.29) is 39.2 Å². The molecule has 13 rings (SSSR count). The maximum Gasteiger partial charge on any atom is 0.252 e. The van der Waals surface area contributed by atoms with E-state index in [0.29, 0.717) is 0 Å². The third-order valence-corrected chi connectivity index (χ3v) is 19.6. The number of para-hydroxylation sites is 2. The van der Waals surface area contributed by atoms with E-state index >= 15 is 0 Å². The summed E-state index contributed by atoms with van der Waals surface area (Å²) in [5, 5.41) is 2.49. The molecule has 430 valence electrons. The van der Waals surface area contributed by atoms with Crippen LogP contribution >= 0.6 is 0 Å². The fourth-order valence-corrected chi connectivity index (χ4v) is 14.5. The Labute approximate surface area is 508 Å². The molecule has 2 aliphatic heterocycles. The quantitative estimate of drug-likeness (QED) is 0.154. The second kappa shape index (κ2) is 19.4. The van der Waals surface area contributed by atoms with Gasteiger partial charge in [-0.3, -0.25) is 0 Å². The van der Waals surface area contributed by atoms with E-state index in [1.165, 1.54) is 123 Å². The molecule has 10 aromatic rings. The molecular weight excluding hydrogens is 1030 g/mol. The van der Waals surface area contributed by atoms with Crippen molar-refractivity contribution >= 4 is 96.1 Å². The summed E-state index contributed by atoms with van der Waals surface area (Å²) in [7, 11) is 0. The molecule has 1 aromatic heterocycles. The first-order valence-corrected chi connectivity index (χ1v) is 31.3. The van der Waals surface area contributed by atoms with Crippen LogP contribution in [-0.2, 0) is 32.5 Å². The van der Waals surface area contributed by atoms with Crippen LogP contribution in [0.25, 0.3) is 27.5 Å². The molecule has 0 bridgehead atoms. The van der Waals surface area contributed by atoms with Crippen LogP contribution in [0.4, 0.5) is 51.2 Å². The molecule has 0 fully saturated rings. The van der Waals surface area contributed by atoms with Gasteiger partial charge < -0.3 is 19.3 Å². The number of aromatic nitrogens is 1. The number of aryl methyl sites for hydroxylation is 2. The van der Waals surface area contributed by atoms with Gasteiger partial charge in [-0.05, 0) is 205 Å². The first-order chi connectivity index (χ1) is 40.0. The SMILES string of the molecule is Cc1cc(C(C)(C)C)cc(C)c1N1c2cc(N(c3ccc4c(c3)C(C)(C)CCC4(C)C)c3ccc4c5ccccc5n(-c5ccccc5)c4c3)ccc2B2c3ccc(C(C)(C)C)cc3N(c3ccc(C(C)(C)C)cc3)c3cc(C(C)(C)C)cc1c32. The van der Waals surface area contributed by atoms with Crippen LogP contribution in [0.1, 0.15) is 168 Å². The van der Waals surface area contributed by atoms with Crippen molar-refractivity contribution in [1.29, 1.82) is 0 Å². The highest BCUT2D eigenvalue weighted by atomic mass is 15.2. The zero-order chi connectivity index (χ0) is 60.2. The molecule has 85 heavy (non-hydrogen) atoms. The van der Waals surface area contributed by atoms with Crippen molar-refractivity contribution < 1.29 is 0 Å². The number of hydrogen-bond acceptors (Lipinski definition) is 3. The molecule has 1 aliphatic carbocycles. The van der Waals surface area contributed by atoms with Crippen molar-refractivity contribution in [2.24, 2.45) is 0 Å². The lowest BCUT2D eigenvalue weighted by molar-refractivity contribution is 0.332. The lowest BCUT2D eigenvalue weighted by Gasteiger charge is -2.46. The van der Waals surface area contributed by atoms with Gasteiger partial charge in [0.15, 0.2) is 0 Å². The van der Waals surface area contributed by atoms with Gasteiger partial charge in [0.25, 0.3) is 6.71 Å². The summed E-state index contributed by atoms with van der Waals surface area (Å²) >= 11 is 0. The van der Waals surface area contributed by atoms with Gasteiger partial charge >= 0.3 is 0 Å². The topological polar surface area (TPSA) is 14.7 Å². The molecule has 3 heterocycles. The lowest BCUT2D eigenvalue weighted by atomic mass is 9.33. The second-order valence-corrected chi connectivity index (χ2v) is 30.8. The number of benzene rings is 9. The van der Waals surface area contributed by atoms with Gasteiger partial charge in [-0.25, -0.2) is 0 Å². The molecule has 0 saturated heterocycles. The minimum Gasteiger partial charge on any atom is -0.311 e. The van der Waals surface area contributed by atoms with Gasteiger partial charge in [0.2, 0.25) is 0 Å². The van der Waals surface area contributed by atoms with Crippen molar-refractivity contribution in [3.8, 4) is 5.69 Å². The normalized spacial score (nSPS) is 15.4. The minimum atomic E-state index is -0.170. The minimum absolute atomic E-state index is 0.00701. The number of hydrogen-bond donors (Lipinski definition) is 0. The van der Waals surface area contributed by atoms with Crippen molar-refractivity contribution in [3.05, 3.63) is 220 Å². The molecule has 4 nitrogen and oxygen atoms in total. The molecule has 0 unspecified atom stereocenters. The van der Waals surface area contributed by atoms with Gasteiger partial charge in [-0.1, -0.05) is 202 Å². The Kier molecular flexibility index (Phi) is 12.9. The van der Waals surface area contributed by atoms with Gasteiger partial charge in [0, 0.05) is 62.0 Å². The van der Waals surface area contributed by atoms with E-state index in [4.69, 9.17) is 0 Å². The van der Waals surface area contributed by atoms with Crippen molar-refractivity contribution in [3.63, 3.8) is 0 Å². The van der Waals surface area contributed by atoms with Crippen LogP contribution in [-0.4, -0.2) is 11.3 Å². The van der Waals surface area contributed by atoms with Crippen LogP contribution in [0.2, 0.25) is 0 Å². The Morgan fingerprint density at radius 3 is 1.51 bits per heavy atom. The molecule has 0 amide bonds. The molecule has 0 spiro atoms. The third-order valence-electron chi connectivity index (χ3n) is 19.6. The largest absolute Gasteiger partial charge is 0.311 e. The maximum absolute atomic E-state index is 2.70. The predicted octanol–water partition coefficient (Wildman–Crippen LogP) is 20.5. The zero-order valence-electron chi connectivity index (χ0n) is 54.0. The summed E-state index contributed by atoms with van der Waals surface area (Å²) in [6.07, 6.45) is 2.30. The van der Waals surface area contributed by atoms with Crippen molar-refractivity contribution in [2.45, 2.75) is 170 Å². The van der Waals surface area contributed by atoms with E-state index in [0.717, 1.165) is 29.9 Å². The predicted molar refractivity (Wildman–Crippen MR) is 369 cm³/mol. The van der Waals surface area contributed by atoms with E-state index in [1.54, 1.807) is 0 Å². The third kappa shape index (κ3) is 9.33. The number of nitrogens with zero attached hydrogens (tertiary/aromatic N) is 4. The van der Waals surface area contributed by atoms with E-state index < -0.39 is 0 Å². The van der Waals surface area contributed by atoms with Crippen LogP contribution < -0.4 is 31.1 Å². The molecule has 0 saturated carbocycles. The van der Waals surface area contributed by atoms with Crippen LogP contribution in [0, 0.1) is 13.8 Å². The lowest BCUT2D eigenvalue weighted by Crippen LogP contribution is -2.61. The summed E-state index contributed by atoms with van der Waals surface area (Å²) in [6.45, 7) is 42.6. The monoisotopic (exact) mass is 1110 g/mol. The molecule has 5 heteroatoms. The molecule has 9 aromatic carbocycles. The van der Waals surface area contributed by atoms with E-state index in [1.807, 2.05) is 0 Å². The number of fused-ring (bicyclic) bond motifs is 8. The highest BCUT2D eigenvalue weighted by molar-refractivity contribution is 7.00. The van der Waals surface area contributed by atoms with Crippen LogP contribution in [0.3, 0.4) is 0 Å². The molecule has 0 radical (unpaired) electrons. The summed E-state index contributed by atoms with van der Waals surface area (Å²) in [6, 6.07) is 68.9. The van der Waals surface area contributed by atoms with Crippen molar-refractivity contribution in [1.82, 2.24) is 4.57 Å². The van der Waals surface area contributed by atoms with Crippen LogP contribution in [0.5, 0.6) is 0 Å². The average Bonchev–Trinajstić information content (AvgIpc) is 1.30. The Balaban J connectivity index is 1.13. The van der Waals surface area contributed by atoms with Crippen molar-refractivity contribution in [2.75, 3.05) is 14.7 Å². The highest BCUT2D eigenvalue weighted by Gasteiger charge is 2.46. The summed E-state index contributed by atoms with van der Waals surface area (Å²) < 4.78 is 2.46. The van der Waals surface area contributed by atoms with Crippen LogP contribution in [0.15, 0.2) is 176 Å². The number of rotatable bonds is 6. The first kappa shape index (κ1) is 56.4. The Bertz CT molecular complexity index is 4290. The summed E-state index contributed by atoms with van der Waals surface area (Å²) in [5.74, 6) is 0. The highest BCUT2D eigenvalue weighted by Crippen LogP contribution is 2.52. The van der Waals surface area contributed by atoms with Gasteiger partial charge in [-0.2, -0.15) is 0 Å². The molecule has 0 N–H and O–H groups in total. The Morgan fingerprint density at radius 2 is 0.871 bits per heavy atom. The summed E-state index contributed by atoms with van der Waals surface area (Å²) in [4.78, 5) is 7.89. The molecule has 0 atom stereocenters. The average molecular weight is 1120 g/mol. The van der Waals surface area contributed by atoms with E-state index in [9.17, 15) is 0 Å². The smallest absolute Gasteiger partial charge is 0.252 e. The second-order valence-electron chi connectivity index (χ2n) is 30.8. The Hall–Kier alpha value is -7.76. The summed E-state index contributed by atoms with van der Waals surface area (Å²) in [5.41, 5.74) is 28.9. The van der Waals surface area contributed by atoms with Gasteiger partial charge in [0.05, 0.1) is 16.7 Å². The maximum atomic E-state index is 2.70. The zero-order valence-corrected chi connectivity index (χ0v) is 54.0. The van der Waals surface area contributed by atoms with Gasteiger partial charge in [-0.15, -0.1) is 0 Å². The molecule has 3 aliphatic rings. The Morgan fingerprint density at radius 1 is 0.388 bits per heavy atom. The van der Waals surface area contributed by atoms with Gasteiger partial charge in [0.1, 0.15) is 0 Å². The fourth-order valence-electron chi connectivity index (χ4n) is 14.5. The van der Waals surface area contributed by atoms with E-state index in [2.05, 4.69) is 320 Å². The fraction of sp³-hybridized carbons (Fsp3) is 0.325. The number of anilines is 9. The first-order valence-electron chi connectivity index (χ1n) is 31.3. The standard InChI is InChI=1S/C80H87BN4/c1-50-42-54(77(9,10)11)43-51(2)74(50)85-70-49-60(82(58-34-37-63-64(47-58)80(17,18)41-40-79(63,15)16)59-33-36-62-61-26-22-23-27-67(61)83(68(62)48-59)56-24-20-19-21-25-56)35-39-66(70)81-65-38-30-53(76(6,7)8)44-69(65)84(57-31-28-52(29-32-57)75(3,4)5)71-45-55(78(12,13)14)46-72(85)73(71)81/h19-39,42-49H,40-41H2,1-18H3.